The highest BCUT2D eigenvalue weighted by Crippen LogP contribution is 2.12. The molecular formula is C6H7ClN4O. The zero-order chi connectivity index (χ0) is 9.14. The van der Waals surface area contributed by atoms with Gasteiger partial charge in [-0.2, -0.15) is 0 Å². The summed E-state index contributed by atoms with van der Waals surface area (Å²) in [6.07, 6.45) is 1.28. The number of aromatic nitrogens is 2. The SMILES string of the molecule is CNc1ncc(C(N)=O)c(Cl)n1. The van der Waals surface area contributed by atoms with Gasteiger partial charge in [-0.25, -0.2) is 9.97 Å². The minimum absolute atomic E-state index is 0.0573. The summed E-state index contributed by atoms with van der Waals surface area (Å²) in [7, 11) is 1.65. The number of halogens is 1. The summed E-state index contributed by atoms with van der Waals surface area (Å²) in [5.41, 5.74) is 5.10. The fraction of sp³-hybridized carbons (Fsp3) is 0.167. The van der Waals surface area contributed by atoms with Crippen molar-refractivity contribution in [1.82, 2.24) is 9.97 Å². The number of nitrogens with zero attached hydrogens (tertiary/aromatic N) is 2. The monoisotopic (exact) mass is 186 g/mol. The van der Waals surface area contributed by atoms with Crippen LogP contribution in [-0.2, 0) is 0 Å². The predicted molar refractivity (Wildman–Crippen MR) is 45.1 cm³/mol. The smallest absolute Gasteiger partial charge is 0.253 e. The van der Waals surface area contributed by atoms with E-state index < -0.39 is 5.91 Å². The summed E-state index contributed by atoms with van der Waals surface area (Å²) in [5, 5.41) is 2.73. The number of hydrogen-bond donors (Lipinski definition) is 2. The summed E-state index contributed by atoms with van der Waals surface area (Å²) in [5.74, 6) is -0.285. The Morgan fingerprint density at radius 1 is 1.75 bits per heavy atom. The molecule has 1 aromatic heterocycles. The number of carbonyl (C=O) groups is 1. The molecule has 0 aliphatic rings. The average Bonchev–Trinajstić information content (AvgIpc) is 2.03. The van der Waals surface area contributed by atoms with Crippen LogP contribution in [0.1, 0.15) is 10.4 Å². The van der Waals surface area contributed by atoms with Crippen LogP contribution in [0.3, 0.4) is 0 Å². The molecule has 0 radical (unpaired) electrons. The molecule has 0 aliphatic carbocycles. The van der Waals surface area contributed by atoms with Gasteiger partial charge in [-0.05, 0) is 0 Å². The molecule has 64 valence electrons. The number of hydrogen-bond acceptors (Lipinski definition) is 4. The van der Waals surface area contributed by atoms with E-state index in [9.17, 15) is 4.79 Å². The van der Waals surface area contributed by atoms with Crippen LogP contribution in [0.25, 0.3) is 0 Å². The molecule has 0 saturated carbocycles. The lowest BCUT2D eigenvalue weighted by Crippen LogP contribution is -2.13. The maximum Gasteiger partial charge on any atom is 0.253 e. The van der Waals surface area contributed by atoms with Crippen LogP contribution in [0.5, 0.6) is 0 Å². The van der Waals surface area contributed by atoms with Gasteiger partial charge in [-0.1, -0.05) is 11.6 Å². The zero-order valence-electron chi connectivity index (χ0n) is 6.34. The fourth-order valence-corrected chi connectivity index (χ4v) is 0.869. The molecule has 0 aromatic carbocycles. The van der Waals surface area contributed by atoms with Gasteiger partial charge in [0.2, 0.25) is 5.95 Å². The summed E-state index contributed by atoms with van der Waals surface area (Å²) in [4.78, 5) is 18.2. The van der Waals surface area contributed by atoms with E-state index in [1.165, 1.54) is 6.20 Å². The van der Waals surface area contributed by atoms with Crippen molar-refractivity contribution >= 4 is 23.5 Å². The molecule has 1 aromatic rings. The van der Waals surface area contributed by atoms with Crippen molar-refractivity contribution in [2.45, 2.75) is 0 Å². The molecule has 0 fully saturated rings. The first-order valence-corrected chi connectivity index (χ1v) is 3.53. The number of carbonyl (C=O) groups excluding carboxylic acids is 1. The highest BCUT2D eigenvalue weighted by atomic mass is 35.5. The van der Waals surface area contributed by atoms with Gasteiger partial charge in [-0.15, -0.1) is 0 Å². The van der Waals surface area contributed by atoms with Crippen LogP contribution in [0.4, 0.5) is 5.95 Å². The Bertz CT molecular complexity index is 314. The third kappa shape index (κ3) is 1.62. The topological polar surface area (TPSA) is 80.9 Å². The predicted octanol–water partition coefficient (Wildman–Crippen LogP) is 0.271. The van der Waals surface area contributed by atoms with Crippen LogP contribution in [-0.4, -0.2) is 22.9 Å². The van der Waals surface area contributed by atoms with Gasteiger partial charge in [-0.3, -0.25) is 4.79 Å². The molecule has 3 N–H and O–H groups in total. The third-order valence-electron chi connectivity index (χ3n) is 1.23. The second-order valence-corrected chi connectivity index (χ2v) is 2.37. The molecule has 0 saturated heterocycles. The van der Waals surface area contributed by atoms with Gasteiger partial charge in [0.1, 0.15) is 5.15 Å². The van der Waals surface area contributed by atoms with E-state index in [1.807, 2.05) is 0 Å². The molecule has 0 spiro atoms. The minimum Gasteiger partial charge on any atom is -0.365 e. The number of rotatable bonds is 2. The molecule has 0 atom stereocenters. The van der Waals surface area contributed by atoms with Crippen molar-refractivity contribution in [1.29, 1.82) is 0 Å². The molecule has 0 aliphatic heterocycles. The molecular weight excluding hydrogens is 180 g/mol. The zero-order valence-corrected chi connectivity index (χ0v) is 7.09. The third-order valence-corrected chi connectivity index (χ3v) is 1.52. The molecule has 1 rings (SSSR count). The largest absolute Gasteiger partial charge is 0.365 e. The number of nitrogens with one attached hydrogen (secondary N) is 1. The van der Waals surface area contributed by atoms with Crippen LogP contribution >= 0.6 is 11.6 Å². The van der Waals surface area contributed by atoms with E-state index in [2.05, 4.69) is 15.3 Å². The van der Waals surface area contributed by atoms with Crippen molar-refractivity contribution < 1.29 is 4.79 Å². The lowest BCUT2D eigenvalue weighted by atomic mass is 10.3. The van der Waals surface area contributed by atoms with E-state index in [0.717, 1.165) is 0 Å². The Balaban J connectivity index is 3.12. The first kappa shape index (κ1) is 8.73. The molecule has 6 heteroatoms. The van der Waals surface area contributed by atoms with E-state index in [1.54, 1.807) is 7.05 Å². The van der Waals surface area contributed by atoms with Crippen LogP contribution in [0.2, 0.25) is 5.15 Å². The maximum atomic E-state index is 10.7. The Labute approximate surface area is 74.0 Å². The highest BCUT2D eigenvalue weighted by Gasteiger charge is 2.08. The highest BCUT2D eigenvalue weighted by molar-refractivity contribution is 6.32. The number of primary amides is 1. The Hall–Kier alpha value is -1.36. The molecule has 0 unspecified atom stereocenters. The van der Waals surface area contributed by atoms with Gasteiger partial charge in [0.15, 0.2) is 0 Å². The molecule has 5 nitrogen and oxygen atoms in total. The van der Waals surface area contributed by atoms with Gasteiger partial charge in [0, 0.05) is 13.2 Å². The van der Waals surface area contributed by atoms with Crippen LogP contribution in [0, 0.1) is 0 Å². The second kappa shape index (κ2) is 3.36. The lowest BCUT2D eigenvalue weighted by Gasteiger charge is -2.00. The first-order chi connectivity index (χ1) is 5.65. The summed E-state index contributed by atoms with van der Waals surface area (Å²) in [6, 6.07) is 0. The summed E-state index contributed by atoms with van der Waals surface area (Å²) >= 11 is 5.61. The molecule has 1 heterocycles. The molecule has 1 amide bonds. The van der Waals surface area contributed by atoms with Crippen molar-refractivity contribution in [3.8, 4) is 0 Å². The van der Waals surface area contributed by atoms with Crippen molar-refractivity contribution in [3.63, 3.8) is 0 Å². The number of nitrogens with two attached hydrogens (primary N) is 1. The Morgan fingerprint density at radius 2 is 2.42 bits per heavy atom. The molecule has 12 heavy (non-hydrogen) atoms. The van der Waals surface area contributed by atoms with E-state index in [4.69, 9.17) is 17.3 Å². The fourth-order valence-electron chi connectivity index (χ4n) is 0.647. The van der Waals surface area contributed by atoms with Gasteiger partial charge in [0.25, 0.3) is 5.91 Å². The average molecular weight is 187 g/mol. The second-order valence-electron chi connectivity index (χ2n) is 2.01. The minimum atomic E-state index is -0.636. The van der Waals surface area contributed by atoms with Crippen LogP contribution in [0.15, 0.2) is 6.20 Å². The van der Waals surface area contributed by atoms with E-state index in [0.29, 0.717) is 5.95 Å². The van der Waals surface area contributed by atoms with Gasteiger partial charge in [0.05, 0.1) is 5.56 Å². The van der Waals surface area contributed by atoms with E-state index in [-0.39, 0.29) is 10.7 Å². The Kier molecular flexibility index (Phi) is 2.44. The summed E-state index contributed by atoms with van der Waals surface area (Å²) in [6.45, 7) is 0. The normalized spacial score (nSPS) is 9.50. The van der Waals surface area contributed by atoms with Crippen molar-refractivity contribution in [2.75, 3.05) is 12.4 Å². The standard InChI is InChI=1S/C6H7ClN4O/c1-9-6-10-2-3(5(8)12)4(7)11-6/h2H,1H3,(H2,8,12)(H,9,10,11). The molecule has 0 bridgehead atoms. The summed E-state index contributed by atoms with van der Waals surface area (Å²) < 4.78 is 0. The van der Waals surface area contributed by atoms with Crippen LogP contribution < -0.4 is 11.1 Å². The quantitative estimate of drug-likeness (QED) is 0.650. The van der Waals surface area contributed by atoms with Crippen molar-refractivity contribution in [2.24, 2.45) is 5.73 Å². The lowest BCUT2D eigenvalue weighted by molar-refractivity contribution is 0.1000. The van der Waals surface area contributed by atoms with E-state index >= 15 is 0 Å². The van der Waals surface area contributed by atoms with Crippen molar-refractivity contribution in [3.05, 3.63) is 16.9 Å². The Morgan fingerprint density at radius 3 is 2.83 bits per heavy atom. The first-order valence-electron chi connectivity index (χ1n) is 3.15. The van der Waals surface area contributed by atoms with Gasteiger partial charge < -0.3 is 11.1 Å². The maximum absolute atomic E-state index is 10.7. The number of anilines is 1. The van der Waals surface area contributed by atoms with Gasteiger partial charge >= 0.3 is 0 Å². The number of amides is 1.